The monoisotopic (exact) mass is 445 g/mol. The molecule has 1 unspecified atom stereocenters. The number of nitrogens with one attached hydrogen (secondary N) is 1. The largest absolute Gasteiger partial charge is 0.352 e. The Morgan fingerprint density at radius 1 is 1.10 bits per heavy atom. The van der Waals surface area contributed by atoms with Crippen LogP contribution in [-0.4, -0.2) is 50.0 Å². The first kappa shape index (κ1) is 22.3. The zero-order chi connectivity index (χ0) is 21.6. The van der Waals surface area contributed by atoms with Crippen molar-refractivity contribution >= 4 is 17.7 Å². The van der Waals surface area contributed by atoms with E-state index in [0.717, 1.165) is 37.4 Å². The molecule has 31 heavy (non-hydrogen) atoms. The van der Waals surface area contributed by atoms with Crippen LogP contribution in [0.2, 0.25) is 0 Å². The van der Waals surface area contributed by atoms with Gasteiger partial charge in [0.1, 0.15) is 5.82 Å². The summed E-state index contributed by atoms with van der Waals surface area (Å²) in [6.45, 7) is 4.72. The maximum Gasteiger partial charge on any atom is 0.233 e. The number of nitrogens with zero attached hydrogens (tertiary/aromatic N) is 4. The highest BCUT2D eigenvalue weighted by molar-refractivity contribution is 8.00. The predicted molar refractivity (Wildman–Crippen MR) is 121 cm³/mol. The number of carbonyl (C=O) groups is 1. The van der Waals surface area contributed by atoms with E-state index in [4.69, 9.17) is 0 Å². The van der Waals surface area contributed by atoms with E-state index in [1.165, 1.54) is 62.4 Å². The summed E-state index contributed by atoms with van der Waals surface area (Å²) in [6.07, 6.45) is 9.43. The third-order valence-corrected chi connectivity index (χ3v) is 7.24. The molecule has 0 spiro atoms. The molecule has 1 saturated carbocycles. The van der Waals surface area contributed by atoms with Gasteiger partial charge in [0.2, 0.25) is 5.91 Å². The van der Waals surface area contributed by atoms with Crippen LogP contribution >= 0.6 is 11.8 Å². The number of halogens is 1. The van der Waals surface area contributed by atoms with Crippen LogP contribution in [0.5, 0.6) is 0 Å². The third-order valence-electron chi connectivity index (χ3n) is 6.20. The van der Waals surface area contributed by atoms with Crippen LogP contribution in [0.3, 0.4) is 0 Å². The molecule has 1 N–H and O–H groups in total. The van der Waals surface area contributed by atoms with Crippen molar-refractivity contribution in [2.45, 2.75) is 81.3 Å². The van der Waals surface area contributed by atoms with Crippen LogP contribution in [-0.2, 0) is 11.3 Å². The second kappa shape index (κ2) is 10.6. The van der Waals surface area contributed by atoms with E-state index < -0.39 is 0 Å². The van der Waals surface area contributed by atoms with Gasteiger partial charge in [-0.05, 0) is 70.0 Å². The molecule has 4 rings (SSSR count). The number of hydrogen-bond donors (Lipinski definition) is 1. The lowest BCUT2D eigenvalue weighted by molar-refractivity contribution is -0.121. The minimum atomic E-state index is -0.284. The summed E-state index contributed by atoms with van der Waals surface area (Å²) < 4.78 is 15.5. The molecule has 2 aromatic rings. The molecule has 0 radical (unpaired) electrons. The standard InChI is InChI=1S/C23H32FN5OS/c1-17(22(30)25-19-8-4-2-5-9-19)31-23-27-26-21(16-28-14-6-3-7-15-28)29(23)20-12-10-18(24)11-13-20/h10-13,17,19H,2-9,14-16H2,1H3,(H,25,30). The van der Waals surface area contributed by atoms with Crippen molar-refractivity contribution in [1.29, 1.82) is 0 Å². The number of carbonyl (C=O) groups excluding carboxylic acids is 1. The number of aromatic nitrogens is 3. The molecule has 2 fully saturated rings. The lowest BCUT2D eigenvalue weighted by Crippen LogP contribution is -2.40. The van der Waals surface area contributed by atoms with Gasteiger partial charge >= 0.3 is 0 Å². The maximum absolute atomic E-state index is 13.5. The van der Waals surface area contributed by atoms with Crippen LogP contribution in [0.25, 0.3) is 5.69 Å². The van der Waals surface area contributed by atoms with E-state index in [1.54, 1.807) is 12.1 Å². The Hall–Kier alpha value is -1.93. The average molecular weight is 446 g/mol. The lowest BCUT2D eigenvalue weighted by atomic mass is 9.95. The van der Waals surface area contributed by atoms with E-state index in [2.05, 4.69) is 20.4 Å². The van der Waals surface area contributed by atoms with Crippen LogP contribution < -0.4 is 5.32 Å². The fraction of sp³-hybridized carbons (Fsp3) is 0.609. The first-order chi connectivity index (χ1) is 15.1. The summed E-state index contributed by atoms with van der Waals surface area (Å²) in [5.74, 6) is 0.600. The van der Waals surface area contributed by atoms with Crippen molar-refractivity contribution in [3.8, 4) is 5.69 Å². The molecule has 2 aliphatic rings. The van der Waals surface area contributed by atoms with Crippen molar-refractivity contribution in [2.24, 2.45) is 0 Å². The number of thioether (sulfide) groups is 1. The molecular weight excluding hydrogens is 413 g/mol. The van der Waals surface area contributed by atoms with Gasteiger partial charge in [-0.3, -0.25) is 14.3 Å². The predicted octanol–water partition coefficient (Wildman–Crippen LogP) is 4.32. The first-order valence-electron chi connectivity index (χ1n) is 11.5. The third kappa shape index (κ3) is 5.86. The molecule has 6 nitrogen and oxygen atoms in total. The second-order valence-electron chi connectivity index (χ2n) is 8.65. The zero-order valence-corrected chi connectivity index (χ0v) is 19.0. The van der Waals surface area contributed by atoms with Crippen molar-refractivity contribution in [2.75, 3.05) is 13.1 Å². The zero-order valence-electron chi connectivity index (χ0n) is 18.2. The minimum Gasteiger partial charge on any atom is -0.352 e. The van der Waals surface area contributed by atoms with Crippen molar-refractivity contribution in [1.82, 2.24) is 25.0 Å². The normalized spacial score (nSPS) is 19.3. The molecule has 1 aromatic heterocycles. The average Bonchev–Trinajstić information content (AvgIpc) is 3.17. The number of benzene rings is 1. The van der Waals surface area contributed by atoms with Gasteiger partial charge in [-0.25, -0.2) is 4.39 Å². The maximum atomic E-state index is 13.5. The van der Waals surface area contributed by atoms with E-state index in [0.29, 0.717) is 11.7 Å². The molecule has 8 heteroatoms. The summed E-state index contributed by atoms with van der Waals surface area (Å²) in [5.41, 5.74) is 0.820. The van der Waals surface area contributed by atoms with Gasteiger partial charge in [0.15, 0.2) is 11.0 Å². The Labute approximate surface area is 188 Å². The molecule has 0 bridgehead atoms. The number of piperidine rings is 1. The second-order valence-corrected chi connectivity index (χ2v) is 9.96. The highest BCUT2D eigenvalue weighted by atomic mass is 32.2. The van der Waals surface area contributed by atoms with Crippen LogP contribution in [0.15, 0.2) is 29.4 Å². The minimum absolute atomic E-state index is 0.0446. The molecule has 1 aliphatic carbocycles. The van der Waals surface area contributed by atoms with E-state index >= 15 is 0 Å². The van der Waals surface area contributed by atoms with Gasteiger partial charge in [-0.1, -0.05) is 37.4 Å². The lowest BCUT2D eigenvalue weighted by Gasteiger charge is -2.26. The summed E-state index contributed by atoms with van der Waals surface area (Å²) in [7, 11) is 0. The van der Waals surface area contributed by atoms with Crippen LogP contribution in [0, 0.1) is 5.82 Å². The van der Waals surface area contributed by atoms with Gasteiger partial charge < -0.3 is 5.32 Å². The van der Waals surface area contributed by atoms with Gasteiger partial charge in [-0.15, -0.1) is 10.2 Å². The van der Waals surface area contributed by atoms with Crippen molar-refractivity contribution < 1.29 is 9.18 Å². The Balaban J connectivity index is 1.51. The van der Waals surface area contributed by atoms with Crippen molar-refractivity contribution in [3.05, 3.63) is 35.9 Å². The smallest absolute Gasteiger partial charge is 0.233 e. The fourth-order valence-corrected chi connectivity index (χ4v) is 5.32. The van der Waals surface area contributed by atoms with Gasteiger partial charge in [-0.2, -0.15) is 0 Å². The number of rotatable bonds is 7. The number of likely N-dealkylation sites (tertiary alicyclic amines) is 1. The Morgan fingerprint density at radius 3 is 2.48 bits per heavy atom. The highest BCUT2D eigenvalue weighted by Crippen LogP contribution is 2.27. The summed E-state index contributed by atoms with van der Waals surface area (Å²) in [5, 5.41) is 12.5. The first-order valence-corrected chi connectivity index (χ1v) is 12.4. The molecule has 1 amide bonds. The van der Waals surface area contributed by atoms with Crippen LogP contribution in [0.4, 0.5) is 4.39 Å². The number of hydrogen-bond acceptors (Lipinski definition) is 5. The Kier molecular flexibility index (Phi) is 7.61. The Bertz CT molecular complexity index is 859. The molecule has 168 valence electrons. The summed E-state index contributed by atoms with van der Waals surface area (Å²) in [6, 6.07) is 6.68. The SMILES string of the molecule is CC(Sc1nnc(CN2CCCCC2)n1-c1ccc(F)cc1)C(=O)NC1CCCCC1. The molecule has 2 heterocycles. The number of amides is 1. The van der Waals surface area contributed by atoms with Gasteiger partial charge in [0.05, 0.1) is 11.8 Å². The van der Waals surface area contributed by atoms with Gasteiger partial charge in [0.25, 0.3) is 0 Å². The highest BCUT2D eigenvalue weighted by Gasteiger charge is 2.24. The molecule has 1 saturated heterocycles. The molecular formula is C23H32FN5OS. The summed E-state index contributed by atoms with van der Waals surface area (Å²) >= 11 is 1.41. The van der Waals surface area contributed by atoms with Crippen molar-refractivity contribution in [3.63, 3.8) is 0 Å². The quantitative estimate of drug-likeness (QED) is 0.643. The fourth-order valence-electron chi connectivity index (χ4n) is 4.42. The van der Waals surface area contributed by atoms with Gasteiger partial charge in [0, 0.05) is 11.7 Å². The summed E-state index contributed by atoms with van der Waals surface area (Å²) in [4.78, 5) is 15.2. The molecule has 1 atom stereocenters. The van der Waals surface area contributed by atoms with Crippen LogP contribution in [0.1, 0.15) is 64.1 Å². The Morgan fingerprint density at radius 2 is 1.77 bits per heavy atom. The molecule has 1 aliphatic heterocycles. The van der Waals surface area contributed by atoms with E-state index in [9.17, 15) is 9.18 Å². The topological polar surface area (TPSA) is 63.1 Å². The van der Waals surface area contributed by atoms with E-state index in [-0.39, 0.29) is 23.0 Å². The molecule has 1 aromatic carbocycles. The van der Waals surface area contributed by atoms with E-state index in [1.807, 2.05) is 11.5 Å².